The lowest BCUT2D eigenvalue weighted by Gasteiger charge is -2.39. The molecule has 4 aromatic rings. The monoisotopic (exact) mass is 778 g/mol. The molecule has 0 unspecified atom stereocenters. The van der Waals surface area contributed by atoms with Crippen molar-refractivity contribution in [1.82, 2.24) is 19.6 Å². The van der Waals surface area contributed by atoms with Gasteiger partial charge in [-0.2, -0.15) is 5.26 Å². The summed E-state index contributed by atoms with van der Waals surface area (Å²) in [6.07, 6.45) is -1.69. The van der Waals surface area contributed by atoms with Gasteiger partial charge < -0.3 is 24.3 Å². The molecular weight excluding hydrogens is 734 g/mol. The average Bonchev–Trinajstić information content (AvgIpc) is 3.22. The smallest absolute Gasteiger partial charge is 0.406 e. The fourth-order valence-corrected chi connectivity index (χ4v) is 7.12. The maximum absolute atomic E-state index is 14.7. The molecule has 0 aromatic heterocycles. The highest BCUT2D eigenvalue weighted by atomic mass is 19.4. The molecule has 296 valence electrons. The predicted molar refractivity (Wildman–Crippen MR) is 211 cm³/mol. The van der Waals surface area contributed by atoms with Gasteiger partial charge in [-0.05, 0) is 64.7 Å². The number of halogens is 3. The normalized spacial score (nSPS) is 15.6. The van der Waals surface area contributed by atoms with Crippen molar-refractivity contribution in [3.63, 3.8) is 0 Å². The Balaban J connectivity index is 1.24. The van der Waals surface area contributed by atoms with Crippen molar-refractivity contribution in [2.24, 2.45) is 0 Å². The highest BCUT2D eigenvalue weighted by Crippen LogP contribution is 2.25. The number of nitriles is 1. The summed E-state index contributed by atoms with van der Waals surface area (Å²) in [5.74, 6) is -0.917. The van der Waals surface area contributed by atoms with Gasteiger partial charge in [-0.3, -0.25) is 19.3 Å². The Hall–Kier alpha value is -6.13. The third-order valence-corrected chi connectivity index (χ3v) is 10.3. The zero-order valence-corrected chi connectivity index (χ0v) is 31.8. The molecule has 0 bridgehead atoms. The summed E-state index contributed by atoms with van der Waals surface area (Å²) in [5.41, 5.74) is 4.85. The number of piperazine rings is 2. The molecular formula is C44H45F3N6O4. The van der Waals surface area contributed by atoms with Crippen molar-refractivity contribution < 1.29 is 32.3 Å². The number of rotatable bonds is 12. The van der Waals surface area contributed by atoms with Crippen molar-refractivity contribution in [2.75, 3.05) is 57.3 Å². The summed E-state index contributed by atoms with van der Waals surface area (Å²) in [6, 6.07) is 31.4. The van der Waals surface area contributed by atoms with Crippen LogP contribution in [0.2, 0.25) is 0 Å². The van der Waals surface area contributed by atoms with E-state index in [0.717, 1.165) is 22.4 Å². The number of alkyl halides is 3. The Morgan fingerprint density at radius 3 is 1.98 bits per heavy atom. The van der Waals surface area contributed by atoms with Gasteiger partial charge in [-0.1, -0.05) is 66.7 Å². The van der Waals surface area contributed by atoms with Crippen molar-refractivity contribution in [1.29, 1.82) is 5.26 Å². The molecule has 2 aliphatic rings. The summed E-state index contributed by atoms with van der Waals surface area (Å²) in [5, 5.41) is 9.16. The molecule has 2 aliphatic heterocycles. The summed E-state index contributed by atoms with van der Waals surface area (Å²) in [6.45, 7) is 7.26. The van der Waals surface area contributed by atoms with Gasteiger partial charge >= 0.3 is 6.36 Å². The van der Waals surface area contributed by atoms with Gasteiger partial charge in [0.25, 0.3) is 0 Å². The topological polar surface area (TPSA) is 100 Å². The van der Waals surface area contributed by atoms with Crippen LogP contribution in [0, 0.1) is 11.3 Å². The second kappa shape index (κ2) is 18.7. The van der Waals surface area contributed by atoms with Crippen LogP contribution in [0.4, 0.5) is 18.9 Å². The molecule has 6 rings (SSSR count). The minimum absolute atomic E-state index is 0.0564. The second-order valence-electron chi connectivity index (χ2n) is 14.2. The molecule has 2 heterocycles. The lowest BCUT2D eigenvalue weighted by Crippen LogP contribution is -2.56. The van der Waals surface area contributed by atoms with Crippen LogP contribution in [0.5, 0.6) is 5.75 Å². The van der Waals surface area contributed by atoms with Crippen LogP contribution < -0.4 is 9.64 Å². The minimum atomic E-state index is -4.82. The standard InChI is InChI=1S/C44H45F3N6O4/c1-33(54)50-25-27-51(28-26-50)39-16-11-38(12-17-39)32-53(42(55)20-15-34-13-18-40(19-14-34)57-44(45,46)47)41(29-35-5-3-2-4-6-35)43(56)52-23-21-49(22-24-52)31-37-9-7-36(30-48)8-10-37/h2-20,41H,21-29,31-32H2,1H3/t41-/m0/s1. The van der Waals surface area contributed by atoms with Gasteiger partial charge in [-0.15, -0.1) is 13.2 Å². The predicted octanol–water partition coefficient (Wildman–Crippen LogP) is 6.12. The number of anilines is 1. The van der Waals surface area contributed by atoms with Crippen molar-refractivity contribution in [2.45, 2.75) is 38.8 Å². The van der Waals surface area contributed by atoms with E-state index in [1.165, 1.54) is 36.4 Å². The van der Waals surface area contributed by atoms with Crippen LogP contribution in [-0.4, -0.2) is 102 Å². The van der Waals surface area contributed by atoms with Crippen molar-refractivity contribution >= 4 is 29.5 Å². The summed E-state index contributed by atoms with van der Waals surface area (Å²) >= 11 is 0. The number of nitrogens with zero attached hydrogens (tertiary/aromatic N) is 6. The first-order valence-electron chi connectivity index (χ1n) is 18.9. The molecule has 0 N–H and O–H groups in total. The lowest BCUT2D eigenvalue weighted by molar-refractivity contribution is -0.274. The van der Waals surface area contributed by atoms with Gasteiger partial charge in [0.15, 0.2) is 0 Å². The molecule has 4 aromatic carbocycles. The molecule has 13 heteroatoms. The van der Waals surface area contributed by atoms with Gasteiger partial charge in [0, 0.05) is 90.6 Å². The molecule has 0 saturated carbocycles. The van der Waals surface area contributed by atoms with Gasteiger partial charge in [0.2, 0.25) is 17.7 Å². The molecule has 2 saturated heterocycles. The second-order valence-corrected chi connectivity index (χ2v) is 14.2. The van der Waals surface area contributed by atoms with E-state index in [-0.39, 0.29) is 30.5 Å². The molecule has 57 heavy (non-hydrogen) atoms. The van der Waals surface area contributed by atoms with Crippen LogP contribution in [-0.2, 0) is 33.9 Å². The number of amides is 3. The highest BCUT2D eigenvalue weighted by molar-refractivity contribution is 5.96. The van der Waals surface area contributed by atoms with Crippen LogP contribution in [0.1, 0.15) is 34.7 Å². The lowest BCUT2D eigenvalue weighted by atomic mass is 10.0. The third kappa shape index (κ3) is 11.5. The molecule has 10 nitrogen and oxygen atoms in total. The van der Waals surface area contributed by atoms with E-state index >= 15 is 0 Å². The zero-order chi connectivity index (χ0) is 40.4. The quantitative estimate of drug-likeness (QED) is 0.160. The Morgan fingerprint density at radius 2 is 1.39 bits per heavy atom. The van der Waals surface area contributed by atoms with E-state index in [2.05, 4.69) is 20.6 Å². The first-order valence-corrected chi connectivity index (χ1v) is 18.9. The van der Waals surface area contributed by atoms with Crippen molar-refractivity contribution in [3.05, 3.63) is 137 Å². The third-order valence-electron chi connectivity index (χ3n) is 10.3. The summed E-state index contributed by atoms with van der Waals surface area (Å²) in [4.78, 5) is 50.5. The van der Waals surface area contributed by atoms with Gasteiger partial charge in [0.05, 0.1) is 11.6 Å². The first-order chi connectivity index (χ1) is 27.4. The molecule has 2 fully saturated rings. The number of hydrogen-bond acceptors (Lipinski definition) is 7. The maximum Gasteiger partial charge on any atom is 0.573 e. The minimum Gasteiger partial charge on any atom is -0.406 e. The van der Waals surface area contributed by atoms with E-state index in [1.807, 2.05) is 76.5 Å². The first kappa shape index (κ1) is 40.5. The Kier molecular flexibility index (Phi) is 13.3. The largest absolute Gasteiger partial charge is 0.573 e. The van der Waals surface area contributed by atoms with E-state index in [4.69, 9.17) is 5.26 Å². The van der Waals surface area contributed by atoms with Crippen molar-refractivity contribution in [3.8, 4) is 11.8 Å². The van der Waals surface area contributed by atoms with E-state index in [1.54, 1.807) is 24.0 Å². The molecule has 1 atom stereocenters. The zero-order valence-electron chi connectivity index (χ0n) is 31.8. The van der Waals surface area contributed by atoms with Gasteiger partial charge in [0.1, 0.15) is 11.8 Å². The molecule has 0 spiro atoms. The number of carbonyl (C=O) groups is 3. The van der Waals surface area contributed by atoms with Crippen LogP contribution >= 0.6 is 0 Å². The Labute approximate surface area is 330 Å². The van der Waals surface area contributed by atoms with E-state index < -0.39 is 18.3 Å². The van der Waals surface area contributed by atoms with Gasteiger partial charge in [-0.25, -0.2) is 0 Å². The van der Waals surface area contributed by atoms with E-state index in [0.29, 0.717) is 70.0 Å². The summed E-state index contributed by atoms with van der Waals surface area (Å²) in [7, 11) is 0. The van der Waals surface area contributed by atoms with Crippen LogP contribution in [0.15, 0.2) is 109 Å². The molecule has 0 aliphatic carbocycles. The molecule has 0 radical (unpaired) electrons. The Morgan fingerprint density at radius 1 is 0.772 bits per heavy atom. The fraction of sp³-hybridized carbons (Fsp3) is 0.318. The van der Waals surface area contributed by atoms with E-state index in [9.17, 15) is 27.6 Å². The summed E-state index contributed by atoms with van der Waals surface area (Å²) < 4.78 is 42.2. The highest BCUT2D eigenvalue weighted by Gasteiger charge is 2.34. The van der Waals surface area contributed by atoms with Crippen LogP contribution in [0.3, 0.4) is 0 Å². The average molecular weight is 779 g/mol. The number of ether oxygens (including phenoxy) is 1. The number of benzene rings is 4. The Bertz CT molecular complexity index is 2040. The maximum atomic E-state index is 14.7. The number of hydrogen-bond donors (Lipinski definition) is 0. The fourth-order valence-electron chi connectivity index (χ4n) is 7.12. The SMILES string of the molecule is CC(=O)N1CCN(c2ccc(CN(C(=O)C=Cc3ccc(OC(F)(F)F)cc3)[C@@H](Cc3ccccc3)C(=O)N3CCN(Cc4ccc(C#N)cc4)CC3)cc2)CC1. The number of carbonyl (C=O) groups excluding carboxylic acids is 3. The molecule has 3 amide bonds. The van der Waals surface area contributed by atoms with Crippen LogP contribution in [0.25, 0.3) is 6.08 Å².